The van der Waals surface area contributed by atoms with Crippen LogP contribution in [0.1, 0.15) is 107 Å². The number of amides is 2. The van der Waals surface area contributed by atoms with Gasteiger partial charge in [0.25, 0.3) is 0 Å². The van der Waals surface area contributed by atoms with Crippen molar-refractivity contribution in [2.24, 2.45) is 5.73 Å². The van der Waals surface area contributed by atoms with Crippen LogP contribution >= 0.6 is 0 Å². The molecule has 14 nitrogen and oxygen atoms in total. The van der Waals surface area contributed by atoms with Crippen LogP contribution in [0.25, 0.3) is 9.69 Å². The van der Waals surface area contributed by atoms with E-state index in [1.165, 1.54) is 18.7 Å². The summed E-state index contributed by atoms with van der Waals surface area (Å²) in [5.41, 5.74) is -4.03. The highest BCUT2D eigenvalue weighted by molar-refractivity contribution is 7.88. The number of halogens is 12. The van der Waals surface area contributed by atoms with E-state index in [0.717, 1.165) is 11.2 Å². The maximum Gasteiger partial charge on any atom is 0.416 e. The van der Waals surface area contributed by atoms with E-state index in [4.69, 9.17) is 37.8 Å². The van der Waals surface area contributed by atoms with Crippen LogP contribution in [0.3, 0.4) is 0 Å². The van der Waals surface area contributed by atoms with Crippen molar-refractivity contribution in [2.45, 2.75) is 112 Å². The molecule has 2 aliphatic heterocycles. The van der Waals surface area contributed by atoms with Crippen LogP contribution in [0.15, 0.2) is 158 Å². The lowest BCUT2D eigenvalue weighted by Crippen LogP contribution is -2.65. The molecule has 2 saturated heterocycles. The maximum atomic E-state index is 13.9. The van der Waals surface area contributed by atoms with Crippen molar-refractivity contribution < 1.29 is 89.6 Å². The summed E-state index contributed by atoms with van der Waals surface area (Å²) in [6, 6.07) is 36.9. The zero-order valence-corrected chi connectivity index (χ0v) is 49.1. The maximum absolute atomic E-state index is 13.9. The summed E-state index contributed by atoms with van der Waals surface area (Å²) in [7, 11) is -3.95. The van der Waals surface area contributed by atoms with Gasteiger partial charge in [0, 0.05) is 12.8 Å². The number of nitrogens with zero attached hydrogens (tertiary/aromatic N) is 4. The summed E-state index contributed by atoms with van der Waals surface area (Å²) in [6.07, 6.45) is -23.6. The summed E-state index contributed by atoms with van der Waals surface area (Å²) in [4.78, 5) is 37.0. The van der Waals surface area contributed by atoms with Gasteiger partial charge in [-0.05, 0) is 96.5 Å². The number of sulfonamides is 1. The first-order valence-corrected chi connectivity index (χ1v) is 29.4. The first-order valence-electron chi connectivity index (χ1n) is 27.5. The molecule has 6 aromatic rings. The molecule has 0 radical (unpaired) electrons. The second kappa shape index (κ2) is 27.5. The Morgan fingerprint density at radius 3 is 1.19 bits per heavy atom. The number of hydrogen-bond acceptors (Lipinski definition) is 9. The zero-order valence-electron chi connectivity index (χ0n) is 48.3. The van der Waals surface area contributed by atoms with Crippen LogP contribution < -0.4 is 10.5 Å². The quantitative estimate of drug-likeness (QED) is 0.0711. The number of benzene rings is 6. The molecule has 27 heteroatoms. The van der Waals surface area contributed by atoms with Gasteiger partial charge in [-0.3, -0.25) is 25.2 Å². The van der Waals surface area contributed by atoms with E-state index < -0.39 is 122 Å². The SMILES string of the molecule is [C-]#[N+][C@@]1(N)CC[C@@](CO[C@H](C)c2cc(C(F)(F)F)cc(C(F)(F)F)c2)(c2ccccc2)N(C(=O)OCc2ccccc2)C1.[C-]#[N+][C@]1(NS(C)(=O)=O)CC[C@@](CO[C@H](C)c2cc(C(F)(F)F)cc(C(F)(F)F)c2)(c2ccccc2)N(C(=O)OCc2ccccc2)C1. The Kier molecular flexibility index (Phi) is 21.2. The summed E-state index contributed by atoms with van der Waals surface area (Å²) in [5, 5.41) is 0. The van der Waals surface area contributed by atoms with Crippen molar-refractivity contribution in [3.05, 3.63) is 236 Å². The van der Waals surface area contributed by atoms with Gasteiger partial charge in [0.15, 0.2) is 0 Å². The summed E-state index contributed by atoms with van der Waals surface area (Å²) in [5.74, 6) is 0. The first-order chi connectivity index (χ1) is 42.0. The molecule has 6 atom stereocenters. The number of carbonyl (C=O) groups is 2. The smallest absolute Gasteiger partial charge is 0.416 e. The molecule has 0 aromatic heterocycles. The molecule has 2 heterocycles. The van der Waals surface area contributed by atoms with Crippen molar-refractivity contribution in [1.29, 1.82) is 0 Å². The number of nitrogens with one attached hydrogen (secondary N) is 1. The molecule has 0 bridgehead atoms. The third-order valence-electron chi connectivity index (χ3n) is 15.4. The van der Waals surface area contributed by atoms with Gasteiger partial charge in [-0.15, -0.1) is 4.72 Å². The number of ether oxygens (including phenoxy) is 4. The van der Waals surface area contributed by atoms with Crippen molar-refractivity contribution >= 4 is 22.2 Å². The van der Waals surface area contributed by atoms with Gasteiger partial charge in [-0.25, -0.2) is 31.2 Å². The van der Waals surface area contributed by atoms with Gasteiger partial charge in [0.1, 0.15) is 26.3 Å². The highest BCUT2D eigenvalue weighted by Gasteiger charge is 2.57. The standard InChI is InChI=1S/C32H31F6N3O5S.C31H29F6N3O3/c1-22(24-16-26(31(33,34)35)18-27(17-24)32(36,37)38)46-21-29(25-12-8-5-9-13-25)14-15-30(39-2,40-47(3,43)44)20-41(29)28(42)45-19-23-10-6-4-7-11-23;1-21(23-15-25(30(32,33)34)17-26(16-23)31(35,36)37)43-20-28(24-11-7-4-8-12-24)13-14-29(38,39-2)19-40(28)27(41)42-18-22-9-5-3-6-10-22/h4-13,16-18,22,40H,14-15,19-21H2,1,3H3;3-12,15-17,21H,13-14,18-20,38H2,1H3/t22-,29-,30+;21-,28-,29+/m11/s1. The first kappa shape index (κ1) is 69.3. The molecule has 8 rings (SSSR count). The molecular weight excluding hydrogens is 1230 g/mol. The minimum Gasteiger partial charge on any atom is -0.445 e. The fourth-order valence-electron chi connectivity index (χ4n) is 10.5. The van der Waals surface area contributed by atoms with E-state index in [9.17, 15) is 70.7 Å². The lowest BCUT2D eigenvalue weighted by molar-refractivity contribution is -0.145. The van der Waals surface area contributed by atoms with E-state index in [1.807, 2.05) is 0 Å². The van der Waals surface area contributed by atoms with Crippen molar-refractivity contribution in [2.75, 3.05) is 32.6 Å². The van der Waals surface area contributed by atoms with Crippen molar-refractivity contribution in [1.82, 2.24) is 14.5 Å². The molecule has 2 amide bonds. The third-order valence-corrected chi connectivity index (χ3v) is 16.1. The predicted octanol–water partition coefficient (Wildman–Crippen LogP) is 15.0. The monoisotopic (exact) mass is 1290 g/mol. The molecule has 0 spiro atoms. The second-order valence-electron chi connectivity index (χ2n) is 21.9. The highest BCUT2D eigenvalue weighted by atomic mass is 32.2. The Morgan fingerprint density at radius 1 is 0.533 bits per heavy atom. The Hall–Kier alpha value is -8.21. The molecule has 3 N–H and O–H groups in total. The van der Waals surface area contributed by atoms with Crippen LogP contribution in [0, 0.1) is 13.1 Å². The number of piperidine rings is 2. The van der Waals surface area contributed by atoms with E-state index in [0.29, 0.717) is 46.5 Å². The van der Waals surface area contributed by atoms with E-state index >= 15 is 0 Å². The number of hydrogen-bond donors (Lipinski definition) is 2. The van der Waals surface area contributed by atoms with Gasteiger partial charge in [0.2, 0.25) is 10.0 Å². The summed E-state index contributed by atoms with van der Waals surface area (Å²) in [6.45, 7) is 16.3. The Morgan fingerprint density at radius 2 is 0.867 bits per heavy atom. The summed E-state index contributed by atoms with van der Waals surface area (Å²) >= 11 is 0. The minimum atomic E-state index is -5.07. The van der Waals surface area contributed by atoms with Crippen LogP contribution in [0.4, 0.5) is 62.3 Å². The lowest BCUT2D eigenvalue weighted by atomic mass is 9.78. The average Bonchev–Trinajstić information content (AvgIpc) is 0.762. The molecule has 0 aliphatic carbocycles. The second-order valence-corrected chi connectivity index (χ2v) is 23.6. The van der Waals surface area contributed by atoms with E-state index in [1.54, 1.807) is 121 Å². The van der Waals surface area contributed by atoms with E-state index in [-0.39, 0.29) is 69.7 Å². The Labute approximate surface area is 511 Å². The van der Waals surface area contributed by atoms with Crippen molar-refractivity contribution in [3.8, 4) is 0 Å². The number of alkyl halides is 12. The Balaban J connectivity index is 0.000000257. The van der Waals surface area contributed by atoms with Crippen LogP contribution in [-0.4, -0.2) is 74.3 Å². The third kappa shape index (κ3) is 17.2. The number of carbonyl (C=O) groups excluding carboxylic acids is 2. The van der Waals surface area contributed by atoms with Gasteiger partial charge >= 0.3 is 48.2 Å². The molecule has 90 heavy (non-hydrogen) atoms. The van der Waals surface area contributed by atoms with E-state index in [2.05, 4.69) is 14.4 Å². The normalized spacial score (nSPS) is 21.4. The van der Waals surface area contributed by atoms with Crippen LogP contribution in [0.5, 0.6) is 0 Å². The molecule has 0 unspecified atom stereocenters. The van der Waals surface area contributed by atoms with Crippen LogP contribution in [-0.2, 0) is 78.0 Å². The number of rotatable bonds is 16. The van der Waals surface area contributed by atoms with Gasteiger partial charge < -0.3 is 18.9 Å². The number of likely N-dealkylation sites (tertiary alicyclic amines) is 2. The van der Waals surface area contributed by atoms with Gasteiger partial charge in [-0.2, -0.15) is 52.7 Å². The fourth-order valence-corrected chi connectivity index (χ4v) is 11.4. The number of nitrogens with two attached hydrogens (primary N) is 1. The highest BCUT2D eigenvalue weighted by Crippen LogP contribution is 2.47. The minimum absolute atomic E-state index is 0.0199. The molecule has 480 valence electrons. The van der Waals surface area contributed by atoms with Gasteiger partial charge in [-0.1, -0.05) is 121 Å². The molecule has 2 fully saturated rings. The van der Waals surface area contributed by atoms with Crippen LogP contribution in [0.2, 0.25) is 0 Å². The molecule has 2 aliphatic rings. The van der Waals surface area contributed by atoms with Gasteiger partial charge in [0.05, 0.1) is 65.0 Å². The lowest BCUT2D eigenvalue weighted by Gasteiger charge is -2.49. The Bertz CT molecular complexity index is 3590. The molecular formula is C63H60F12N6O8S. The summed E-state index contributed by atoms with van der Waals surface area (Å²) < 4.78 is 213. The van der Waals surface area contributed by atoms with Crippen molar-refractivity contribution in [3.63, 3.8) is 0 Å². The fraction of sp³-hybridized carbons (Fsp3) is 0.365. The predicted molar refractivity (Wildman–Crippen MR) is 304 cm³/mol. The largest absolute Gasteiger partial charge is 0.445 e. The average molecular weight is 1290 g/mol. The zero-order chi connectivity index (χ0) is 66.1. The molecule has 6 aromatic carbocycles. The molecule has 0 saturated carbocycles. The topological polar surface area (TPSA) is 158 Å².